The summed E-state index contributed by atoms with van der Waals surface area (Å²) in [5.74, 6) is -1.31. The van der Waals surface area contributed by atoms with Crippen molar-refractivity contribution in [2.24, 2.45) is 0 Å². The number of rotatable bonds is 5. The summed E-state index contributed by atoms with van der Waals surface area (Å²) in [6, 6.07) is 21.6. The Kier molecular flexibility index (Phi) is 7.24. The molecule has 0 unspecified atom stereocenters. The van der Waals surface area contributed by atoms with E-state index in [1.807, 2.05) is 49.4 Å². The van der Waals surface area contributed by atoms with E-state index in [4.69, 9.17) is 4.74 Å². The first kappa shape index (κ1) is 25.6. The number of ether oxygens (including phenoxy) is 1. The fourth-order valence-corrected chi connectivity index (χ4v) is 5.25. The van der Waals surface area contributed by atoms with Gasteiger partial charge in [-0.2, -0.15) is 0 Å². The summed E-state index contributed by atoms with van der Waals surface area (Å²) in [6.07, 6.45) is 0.683. The Morgan fingerprint density at radius 1 is 0.921 bits per heavy atom. The monoisotopic (exact) mass is 515 g/mol. The van der Waals surface area contributed by atoms with Crippen LogP contribution in [0.5, 0.6) is 0 Å². The average Bonchev–Trinajstić information content (AvgIpc) is 3.30. The lowest BCUT2D eigenvalue weighted by atomic mass is 9.95. The SMILES string of the molecule is Cc1cccc(C(=O)N2[C@@H](C(=O)NCc3ccccc3)COC23CCN(C(=O)c2cccc(F)c2)CC3)c1. The van der Waals surface area contributed by atoms with Gasteiger partial charge in [-0.05, 0) is 42.8 Å². The number of amides is 3. The standard InChI is InChI=1S/C30H30FN3O4/c1-21-7-5-10-23(17-21)29(37)34-26(27(35)32-19-22-8-3-2-4-9-22)20-38-30(34)13-15-33(16-14-30)28(36)24-11-6-12-25(31)18-24/h2-12,17-18,26H,13-16,19-20H2,1H3,(H,32,35)/t26-/m1/s1. The Hall–Kier alpha value is -4.04. The third-order valence-corrected chi connectivity index (χ3v) is 7.26. The van der Waals surface area contributed by atoms with Crippen LogP contribution in [-0.4, -0.2) is 59.0 Å². The minimum Gasteiger partial charge on any atom is -0.353 e. The molecule has 0 saturated carbocycles. The molecule has 38 heavy (non-hydrogen) atoms. The number of nitrogens with one attached hydrogen (secondary N) is 1. The van der Waals surface area contributed by atoms with Gasteiger partial charge in [0, 0.05) is 43.6 Å². The van der Waals surface area contributed by atoms with Crippen LogP contribution in [0.25, 0.3) is 0 Å². The number of likely N-dealkylation sites (tertiary alicyclic amines) is 1. The fourth-order valence-electron chi connectivity index (χ4n) is 5.25. The third-order valence-electron chi connectivity index (χ3n) is 7.26. The van der Waals surface area contributed by atoms with Gasteiger partial charge in [0.1, 0.15) is 17.6 Å². The number of nitrogens with zero attached hydrogens (tertiary/aromatic N) is 2. The summed E-state index contributed by atoms with van der Waals surface area (Å²) in [5.41, 5.74) is 1.63. The largest absolute Gasteiger partial charge is 0.353 e. The van der Waals surface area contributed by atoms with Crippen molar-refractivity contribution in [1.82, 2.24) is 15.1 Å². The molecule has 5 rings (SSSR count). The normalized spacial score (nSPS) is 18.4. The van der Waals surface area contributed by atoms with Crippen LogP contribution in [-0.2, 0) is 16.1 Å². The van der Waals surface area contributed by atoms with Gasteiger partial charge in [-0.3, -0.25) is 19.3 Å². The molecular weight excluding hydrogens is 485 g/mol. The second kappa shape index (κ2) is 10.8. The number of hydrogen-bond donors (Lipinski definition) is 1. The lowest BCUT2D eigenvalue weighted by molar-refractivity contribution is -0.128. The molecule has 1 N–H and O–H groups in total. The zero-order valence-corrected chi connectivity index (χ0v) is 21.2. The first-order valence-corrected chi connectivity index (χ1v) is 12.8. The van der Waals surface area contributed by atoms with Gasteiger partial charge in [0.15, 0.2) is 0 Å². The highest BCUT2D eigenvalue weighted by atomic mass is 19.1. The zero-order valence-electron chi connectivity index (χ0n) is 21.2. The molecule has 3 amide bonds. The number of hydrogen-bond acceptors (Lipinski definition) is 4. The molecule has 2 aliphatic heterocycles. The van der Waals surface area contributed by atoms with Gasteiger partial charge >= 0.3 is 0 Å². The summed E-state index contributed by atoms with van der Waals surface area (Å²) in [6.45, 7) is 2.94. The van der Waals surface area contributed by atoms with Gasteiger partial charge in [-0.25, -0.2) is 4.39 Å². The summed E-state index contributed by atoms with van der Waals surface area (Å²) >= 11 is 0. The molecule has 3 aromatic rings. The van der Waals surface area contributed by atoms with Gasteiger partial charge in [-0.15, -0.1) is 0 Å². The van der Waals surface area contributed by atoms with Crippen LogP contribution >= 0.6 is 0 Å². The Bertz CT molecular complexity index is 1340. The van der Waals surface area contributed by atoms with Crippen molar-refractivity contribution in [2.45, 2.75) is 38.1 Å². The minimum absolute atomic E-state index is 0.0655. The average molecular weight is 516 g/mol. The van der Waals surface area contributed by atoms with E-state index in [0.29, 0.717) is 38.0 Å². The van der Waals surface area contributed by atoms with E-state index < -0.39 is 17.6 Å². The van der Waals surface area contributed by atoms with E-state index in [1.54, 1.807) is 28.0 Å². The number of carbonyl (C=O) groups excluding carboxylic acids is 3. The van der Waals surface area contributed by atoms with E-state index in [1.165, 1.54) is 18.2 Å². The molecular formula is C30H30FN3O4. The topological polar surface area (TPSA) is 79.0 Å². The number of carbonyl (C=O) groups is 3. The summed E-state index contributed by atoms with van der Waals surface area (Å²) in [7, 11) is 0. The molecule has 1 atom stereocenters. The molecule has 0 aromatic heterocycles. The van der Waals surface area contributed by atoms with Crippen molar-refractivity contribution in [3.8, 4) is 0 Å². The van der Waals surface area contributed by atoms with Crippen LogP contribution in [0.2, 0.25) is 0 Å². The van der Waals surface area contributed by atoms with Crippen molar-refractivity contribution in [2.75, 3.05) is 19.7 Å². The first-order valence-electron chi connectivity index (χ1n) is 12.8. The Labute approximate surface area is 221 Å². The summed E-state index contributed by atoms with van der Waals surface area (Å²) < 4.78 is 19.9. The van der Waals surface area contributed by atoms with Crippen LogP contribution in [0.15, 0.2) is 78.9 Å². The number of piperidine rings is 1. The maximum atomic E-state index is 13.9. The minimum atomic E-state index is -1.02. The number of aryl methyl sites for hydroxylation is 1. The van der Waals surface area contributed by atoms with Gasteiger partial charge in [-0.1, -0.05) is 54.1 Å². The highest BCUT2D eigenvalue weighted by Crippen LogP contribution is 2.39. The van der Waals surface area contributed by atoms with Gasteiger partial charge in [0.05, 0.1) is 6.61 Å². The van der Waals surface area contributed by atoms with E-state index in [2.05, 4.69) is 5.32 Å². The molecule has 2 fully saturated rings. The second-order valence-corrected chi connectivity index (χ2v) is 9.82. The molecule has 2 heterocycles. The first-order chi connectivity index (χ1) is 18.4. The van der Waals surface area contributed by atoms with Crippen molar-refractivity contribution in [3.63, 3.8) is 0 Å². The molecule has 2 saturated heterocycles. The summed E-state index contributed by atoms with van der Waals surface area (Å²) in [4.78, 5) is 43.5. The Balaban J connectivity index is 1.37. The lowest BCUT2D eigenvalue weighted by Gasteiger charge is -2.44. The van der Waals surface area contributed by atoms with Crippen molar-refractivity contribution < 1.29 is 23.5 Å². The number of benzene rings is 3. The Morgan fingerprint density at radius 2 is 1.61 bits per heavy atom. The third kappa shape index (κ3) is 5.17. The van der Waals surface area contributed by atoms with Gasteiger partial charge in [0.2, 0.25) is 5.91 Å². The van der Waals surface area contributed by atoms with Crippen LogP contribution in [0, 0.1) is 12.7 Å². The van der Waals surface area contributed by atoms with Crippen molar-refractivity contribution in [3.05, 3.63) is 107 Å². The van der Waals surface area contributed by atoms with Crippen LogP contribution in [0.3, 0.4) is 0 Å². The van der Waals surface area contributed by atoms with Gasteiger partial charge in [0.25, 0.3) is 11.8 Å². The van der Waals surface area contributed by atoms with E-state index >= 15 is 0 Å². The molecule has 3 aromatic carbocycles. The Morgan fingerprint density at radius 3 is 2.29 bits per heavy atom. The van der Waals surface area contributed by atoms with E-state index in [-0.39, 0.29) is 29.9 Å². The quantitative estimate of drug-likeness (QED) is 0.559. The van der Waals surface area contributed by atoms with Gasteiger partial charge < -0.3 is 15.0 Å². The predicted molar refractivity (Wildman–Crippen MR) is 140 cm³/mol. The maximum absolute atomic E-state index is 13.9. The predicted octanol–water partition coefficient (Wildman–Crippen LogP) is 3.92. The molecule has 0 bridgehead atoms. The fraction of sp³-hybridized carbons (Fsp3) is 0.300. The molecule has 1 spiro atoms. The van der Waals surface area contributed by atoms with Crippen molar-refractivity contribution >= 4 is 17.7 Å². The molecule has 8 heteroatoms. The molecule has 196 valence electrons. The van der Waals surface area contributed by atoms with Crippen molar-refractivity contribution in [1.29, 1.82) is 0 Å². The maximum Gasteiger partial charge on any atom is 0.256 e. The van der Waals surface area contributed by atoms with Crippen LogP contribution in [0.1, 0.15) is 44.7 Å². The second-order valence-electron chi connectivity index (χ2n) is 9.82. The molecule has 0 radical (unpaired) electrons. The lowest BCUT2D eigenvalue weighted by Crippen LogP contribution is -2.59. The zero-order chi connectivity index (χ0) is 26.7. The smallest absolute Gasteiger partial charge is 0.256 e. The molecule has 2 aliphatic rings. The van der Waals surface area contributed by atoms with E-state index in [0.717, 1.165) is 11.1 Å². The molecule has 0 aliphatic carbocycles. The highest BCUT2D eigenvalue weighted by Gasteiger charge is 2.54. The highest BCUT2D eigenvalue weighted by molar-refractivity contribution is 5.99. The summed E-state index contributed by atoms with van der Waals surface area (Å²) in [5, 5.41) is 2.95. The molecule has 7 nitrogen and oxygen atoms in total. The van der Waals surface area contributed by atoms with E-state index in [9.17, 15) is 18.8 Å². The van der Waals surface area contributed by atoms with Crippen LogP contribution < -0.4 is 5.32 Å². The number of halogens is 1. The van der Waals surface area contributed by atoms with Crippen LogP contribution in [0.4, 0.5) is 4.39 Å².